The molecule has 0 saturated carbocycles. The van der Waals surface area contributed by atoms with Gasteiger partial charge in [0, 0.05) is 19.5 Å². The summed E-state index contributed by atoms with van der Waals surface area (Å²) < 4.78 is 5.41. The van der Waals surface area contributed by atoms with Crippen LogP contribution in [0, 0.1) is 0 Å². The van der Waals surface area contributed by atoms with E-state index in [1.54, 1.807) is 0 Å². The van der Waals surface area contributed by atoms with Gasteiger partial charge in [0.05, 0.1) is 6.61 Å². The fourth-order valence-corrected chi connectivity index (χ4v) is 2.60. The Hall–Kier alpha value is -2.37. The molecular formula is C16H20N4O2. The molecule has 1 aliphatic heterocycles. The van der Waals surface area contributed by atoms with E-state index in [1.165, 1.54) is 0 Å². The molecule has 1 aromatic carbocycles. The molecule has 6 nitrogen and oxygen atoms in total. The molecule has 1 saturated heterocycles. The second-order valence-electron chi connectivity index (χ2n) is 5.37. The molecule has 0 bridgehead atoms. The van der Waals surface area contributed by atoms with Crippen LogP contribution in [0.1, 0.15) is 31.0 Å². The maximum absolute atomic E-state index is 12.2. The molecule has 116 valence electrons. The van der Waals surface area contributed by atoms with Crippen molar-refractivity contribution in [1.29, 1.82) is 0 Å². The van der Waals surface area contributed by atoms with Crippen LogP contribution in [0.3, 0.4) is 0 Å². The van der Waals surface area contributed by atoms with E-state index in [2.05, 4.69) is 20.1 Å². The molecule has 0 spiro atoms. The minimum Gasteiger partial charge on any atom is -0.494 e. The first-order valence-corrected chi connectivity index (χ1v) is 7.69. The van der Waals surface area contributed by atoms with E-state index in [1.807, 2.05) is 31.2 Å². The molecule has 0 unspecified atom stereocenters. The Morgan fingerprint density at radius 3 is 2.55 bits per heavy atom. The number of aromatic amines is 1. The first-order chi connectivity index (χ1) is 10.8. The van der Waals surface area contributed by atoms with Gasteiger partial charge in [-0.1, -0.05) is 12.1 Å². The van der Waals surface area contributed by atoms with Gasteiger partial charge in [0.1, 0.15) is 11.4 Å². The van der Waals surface area contributed by atoms with Crippen LogP contribution < -0.4 is 15.2 Å². The third-order valence-electron chi connectivity index (χ3n) is 3.76. The second kappa shape index (κ2) is 6.60. The summed E-state index contributed by atoms with van der Waals surface area (Å²) in [6, 6.07) is 7.69. The van der Waals surface area contributed by atoms with Crippen LogP contribution in [0.15, 0.2) is 29.1 Å². The number of anilines is 1. The molecule has 1 fully saturated rings. The number of rotatable bonds is 5. The van der Waals surface area contributed by atoms with E-state index in [-0.39, 0.29) is 5.56 Å². The first-order valence-electron chi connectivity index (χ1n) is 7.69. The number of ether oxygens (including phenoxy) is 1. The Morgan fingerprint density at radius 1 is 1.18 bits per heavy atom. The van der Waals surface area contributed by atoms with Gasteiger partial charge in [-0.2, -0.15) is 0 Å². The van der Waals surface area contributed by atoms with E-state index < -0.39 is 0 Å². The average Bonchev–Trinajstić information content (AvgIpc) is 3.06. The number of hydrogen-bond acceptors (Lipinski definition) is 5. The van der Waals surface area contributed by atoms with Gasteiger partial charge in [0.25, 0.3) is 5.56 Å². The lowest BCUT2D eigenvalue weighted by atomic mass is 10.1. The van der Waals surface area contributed by atoms with E-state index >= 15 is 0 Å². The van der Waals surface area contributed by atoms with Crippen molar-refractivity contribution in [2.45, 2.75) is 26.2 Å². The first kappa shape index (κ1) is 14.6. The Bertz CT molecular complexity index is 675. The predicted octanol–water partition coefficient (Wildman–Crippen LogP) is 1.75. The summed E-state index contributed by atoms with van der Waals surface area (Å²) in [5, 5.41) is 8.27. The Morgan fingerprint density at radius 2 is 1.91 bits per heavy atom. The van der Waals surface area contributed by atoms with Crippen molar-refractivity contribution >= 4 is 5.95 Å². The van der Waals surface area contributed by atoms with Crippen LogP contribution in [0.5, 0.6) is 5.75 Å². The lowest BCUT2D eigenvalue weighted by Crippen LogP contribution is -2.26. The normalized spacial score (nSPS) is 14.3. The molecule has 0 radical (unpaired) electrons. The SMILES string of the molecule is CCOc1ccc(Cc2nnc(N3CCCC3)[nH]c2=O)cc1. The van der Waals surface area contributed by atoms with Gasteiger partial charge < -0.3 is 9.64 Å². The summed E-state index contributed by atoms with van der Waals surface area (Å²) in [5.74, 6) is 1.41. The summed E-state index contributed by atoms with van der Waals surface area (Å²) in [7, 11) is 0. The smallest absolute Gasteiger partial charge is 0.274 e. The standard InChI is InChI=1S/C16H20N4O2/c1-2-22-13-7-5-12(6-8-13)11-14-15(21)17-16(19-18-14)20-9-3-4-10-20/h5-8H,2-4,9-11H2,1H3,(H,17,19,21). The van der Waals surface area contributed by atoms with Gasteiger partial charge in [-0.25, -0.2) is 0 Å². The van der Waals surface area contributed by atoms with Crippen LogP contribution in [0.2, 0.25) is 0 Å². The third kappa shape index (κ3) is 3.27. The van der Waals surface area contributed by atoms with Crippen molar-refractivity contribution < 1.29 is 4.74 Å². The number of hydrogen-bond donors (Lipinski definition) is 1. The molecule has 0 aliphatic carbocycles. The topological polar surface area (TPSA) is 71.1 Å². The highest BCUT2D eigenvalue weighted by molar-refractivity contribution is 5.31. The van der Waals surface area contributed by atoms with Gasteiger partial charge in [0.15, 0.2) is 0 Å². The largest absolute Gasteiger partial charge is 0.494 e. The summed E-state index contributed by atoms with van der Waals surface area (Å²) >= 11 is 0. The van der Waals surface area contributed by atoms with Gasteiger partial charge >= 0.3 is 0 Å². The molecule has 1 N–H and O–H groups in total. The summed E-state index contributed by atoms with van der Waals surface area (Å²) in [6.45, 7) is 4.46. The fourth-order valence-electron chi connectivity index (χ4n) is 2.60. The molecular weight excluding hydrogens is 280 g/mol. The van der Waals surface area contributed by atoms with Crippen molar-refractivity contribution in [3.05, 3.63) is 45.9 Å². The van der Waals surface area contributed by atoms with E-state index in [0.717, 1.165) is 37.2 Å². The Kier molecular flexibility index (Phi) is 4.37. The fraction of sp³-hybridized carbons (Fsp3) is 0.438. The van der Waals surface area contributed by atoms with Crippen LogP contribution in [-0.4, -0.2) is 34.9 Å². The van der Waals surface area contributed by atoms with Gasteiger partial charge in [0.2, 0.25) is 5.95 Å². The lowest BCUT2D eigenvalue weighted by molar-refractivity contribution is 0.340. The monoisotopic (exact) mass is 300 g/mol. The Labute approximate surface area is 129 Å². The molecule has 0 atom stereocenters. The van der Waals surface area contributed by atoms with E-state index in [4.69, 9.17) is 4.74 Å². The molecule has 2 heterocycles. The number of H-pyrrole nitrogens is 1. The van der Waals surface area contributed by atoms with Gasteiger partial charge in [-0.05, 0) is 37.5 Å². The molecule has 1 aromatic heterocycles. The summed E-state index contributed by atoms with van der Waals surface area (Å²) in [6.07, 6.45) is 2.74. The molecule has 2 aromatic rings. The van der Waals surface area contributed by atoms with Crippen molar-refractivity contribution in [1.82, 2.24) is 15.2 Å². The van der Waals surface area contributed by atoms with Crippen LogP contribution in [0.25, 0.3) is 0 Å². The highest BCUT2D eigenvalue weighted by Crippen LogP contribution is 2.15. The van der Waals surface area contributed by atoms with Gasteiger partial charge in [-0.3, -0.25) is 9.78 Å². The van der Waals surface area contributed by atoms with Gasteiger partial charge in [-0.15, -0.1) is 10.2 Å². The maximum Gasteiger partial charge on any atom is 0.274 e. The zero-order valence-corrected chi connectivity index (χ0v) is 12.7. The van der Waals surface area contributed by atoms with Crippen LogP contribution in [0.4, 0.5) is 5.95 Å². The minimum atomic E-state index is -0.161. The predicted molar refractivity (Wildman–Crippen MR) is 84.5 cm³/mol. The molecule has 1 aliphatic rings. The number of aromatic nitrogens is 3. The highest BCUT2D eigenvalue weighted by Gasteiger charge is 2.16. The number of nitrogens with zero attached hydrogens (tertiary/aromatic N) is 3. The van der Waals surface area contributed by atoms with E-state index in [0.29, 0.717) is 24.7 Å². The number of benzene rings is 1. The van der Waals surface area contributed by atoms with Crippen LogP contribution >= 0.6 is 0 Å². The quantitative estimate of drug-likeness (QED) is 0.911. The zero-order chi connectivity index (χ0) is 15.4. The molecule has 22 heavy (non-hydrogen) atoms. The highest BCUT2D eigenvalue weighted by atomic mass is 16.5. The Balaban J connectivity index is 1.73. The third-order valence-corrected chi connectivity index (χ3v) is 3.76. The average molecular weight is 300 g/mol. The van der Waals surface area contributed by atoms with Crippen molar-refractivity contribution in [3.63, 3.8) is 0 Å². The summed E-state index contributed by atoms with van der Waals surface area (Å²) in [5.41, 5.74) is 1.29. The second-order valence-corrected chi connectivity index (χ2v) is 5.37. The summed E-state index contributed by atoms with van der Waals surface area (Å²) in [4.78, 5) is 17.1. The molecule has 3 rings (SSSR count). The maximum atomic E-state index is 12.2. The molecule has 6 heteroatoms. The van der Waals surface area contributed by atoms with Crippen molar-refractivity contribution in [2.75, 3.05) is 24.6 Å². The molecule has 0 amide bonds. The zero-order valence-electron chi connectivity index (χ0n) is 12.7. The van der Waals surface area contributed by atoms with Crippen LogP contribution in [-0.2, 0) is 6.42 Å². The number of nitrogens with one attached hydrogen (secondary N) is 1. The van der Waals surface area contributed by atoms with Crippen molar-refractivity contribution in [3.8, 4) is 5.75 Å². The van der Waals surface area contributed by atoms with E-state index in [9.17, 15) is 4.79 Å². The lowest BCUT2D eigenvalue weighted by Gasteiger charge is -2.14. The minimum absolute atomic E-state index is 0.161. The van der Waals surface area contributed by atoms with Crippen molar-refractivity contribution in [2.24, 2.45) is 0 Å².